The number of nitrogens with one attached hydrogen (secondary N) is 2. The SMILES string of the molecule is COc1ccc(CNC(=O)COC(=O)CCCCCNC(C)=O)cc1. The van der Waals surface area contributed by atoms with E-state index in [-0.39, 0.29) is 30.8 Å². The van der Waals surface area contributed by atoms with E-state index >= 15 is 0 Å². The van der Waals surface area contributed by atoms with Gasteiger partial charge in [-0.3, -0.25) is 14.4 Å². The first-order valence-electron chi connectivity index (χ1n) is 8.31. The molecule has 0 atom stereocenters. The lowest BCUT2D eigenvalue weighted by molar-refractivity contribution is -0.148. The number of esters is 1. The van der Waals surface area contributed by atoms with Gasteiger partial charge in [0.25, 0.3) is 5.91 Å². The summed E-state index contributed by atoms with van der Waals surface area (Å²) in [6, 6.07) is 7.33. The molecule has 0 aliphatic carbocycles. The van der Waals surface area contributed by atoms with E-state index in [2.05, 4.69) is 10.6 Å². The summed E-state index contributed by atoms with van der Waals surface area (Å²) in [5.74, 6) is -0.0323. The average molecular weight is 350 g/mol. The van der Waals surface area contributed by atoms with Crippen molar-refractivity contribution in [1.82, 2.24) is 10.6 Å². The van der Waals surface area contributed by atoms with Gasteiger partial charge >= 0.3 is 5.97 Å². The van der Waals surface area contributed by atoms with Gasteiger partial charge in [-0.25, -0.2) is 0 Å². The minimum Gasteiger partial charge on any atom is -0.497 e. The number of carbonyl (C=O) groups is 3. The Balaban J connectivity index is 2.08. The molecule has 138 valence electrons. The Morgan fingerprint density at radius 2 is 1.72 bits per heavy atom. The quantitative estimate of drug-likeness (QED) is 0.466. The smallest absolute Gasteiger partial charge is 0.306 e. The molecule has 0 heterocycles. The Labute approximate surface area is 148 Å². The fourth-order valence-electron chi connectivity index (χ4n) is 2.05. The maximum Gasteiger partial charge on any atom is 0.306 e. The van der Waals surface area contributed by atoms with Gasteiger partial charge in [0.05, 0.1) is 7.11 Å². The fourth-order valence-corrected chi connectivity index (χ4v) is 2.05. The van der Waals surface area contributed by atoms with Gasteiger partial charge in [-0.15, -0.1) is 0 Å². The Hall–Kier alpha value is -2.57. The van der Waals surface area contributed by atoms with E-state index < -0.39 is 0 Å². The second-order valence-corrected chi connectivity index (χ2v) is 5.58. The molecule has 0 aliphatic heterocycles. The van der Waals surface area contributed by atoms with Crippen LogP contribution < -0.4 is 15.4 Å². The molecule has 0 unspecified atom stereocenters. The highest BCUT2D eigenvalue weighted by molar-refractivity contribution is 5.80. The van der Waals surface area contributed by atoms with Gasteiger partial charge in [0.2, 0.25) is 5.91 Å². The molecular weight excluding hydrogens is 324 g/mol. The summed E-state index contributed by atoms with van der Waals surface area (Å²) in [5.41, 5.74) is 0.930. The van der Waals surface area contributed by atoms with Gasteiger partial charge in [-0.05, 0) is 30.5 Å². The molecule has 25 heavy (non-hydrogen) atoms. The van der Waals surface area contributed by atoms with E-state index in [1.165, 1.54) is 6.92 Å². The molecule has 7 heteroatoms. The van der Waals surface area contributed by atoms with Gasteiger partial charge in [0.15, 0.2) is 6.61 Å². The number of unbranched alkanes of at least 4 members (excludes halogenated alkanes) is 2. The third-order valence-electron chi connectivity index (χ3n) is 3.44. The second kappa shape index (κ2) is 11.9. The molecule has 0 radical (unpaired) electrons. The lowest BCUT2D eigenvalue weighted by atomic mass is 10.2. The molecule has 0 saturated carbocycles. The molecule has 2 N–H and O–H groups in total. The van der Waals surface area contributed by atoms with Crippen LogP contribution in [0.25, 0.3) is 0 Å². The van der Waals surface area contributed by atoms with Crippen LogP contribution in [0, 0.1) is 0 Å². The second-order valence-electron chi connectivity index (χ2n) is 5.58. The standard InChI is InChI=1S/C18H26N2O5/c1-14(21)19-11-5-3-4-6-18(23)25-13-17(22)20-12-15-7-9-16(24-2)10-8-15/h7-10H,3-6,11-13H2,1-2H3,(H,19,21)(H,20,22). The van der Waals surface area contributed by atoms with Crippen molar-refractivity contribution in [2.45, 2.75) is 39.2 Å². The van der Waals surface area contributed by atoms with Gasteiger partial charge in [-0.2, -0.15) is 0 Å². The maximum atomic E-state index is 11.7. The molecule has 0 aromatic heterocycles. The van der Waals surface area contributed by atoms with Crippen LogP contribution >= 0.6 is 0 Å². The summed E-state index contributed by atoms with van der Waals surface area (Å²) in [5, 5.41) is 5.38. The van der Waals surface area contributed by atoms with E-state index in [4.69, 9.17) is 9.47 Å². The number of amides is 2. The first-order valence-corrected chi connectivity index (χ1v) is 8.31. The van der Waals surface area contributed by atoms with Gasteiger partial charge in [-0.1, -0.05) is 18.6 Å². The highest BCUT2D eigenvalue weighted by atomic mass is 16.5. The average Bonchev–Trinajstić information content (AvgIpc) is 2.61. The highest BCUT2D eigenvalue weighted by Crippen LogP contribution is 2.10. The number of hydrogen-bond donors (Lipinski definition) is 2. The van der Waals surface area contributed by atoms with Crippen LogP contribution in [0.15, 0.2) is 24.3 Å². The topological polar surface area (TPSA) is 93.7 Å². The molecular formula is C18H26N2O5. The summed E-state index contributed by atoms with van der Waals surface area (Å²) in [7, 11) is 1.59. The molecule has 0 aliphatic rings. The number of carbonyl (C=O) groups excluding carboxylic acids is 3. The van der Waals surface area contributed by atoms with Crippen molar-refractivity contribution in [3.05, 3.63) is 29.8 Å². The minimum atomic E-state index is -0.390. The summed E-state index contributed by atoms with van der Waals surface area (Å²) in [6.07, 6.45) is 2.58. The molecule has 7 nitrogen and oxygen atoms in total. The molecule has 1 aromatic rings. The molecule has 2 amide bonds. The van der Waals surface area contributed by atoms with Crippen molar-refractivity contribution in [3.8, 4) is 5.75 Å². The first kappa shape index (κ1) is 20.5. The van der Waals surface area contributed by atoms with Crippen LogP contribution in [0.3, 0.4) is 0 Å². The zero-order valence-electron chi connectivity index (χ0n) is 14.8. The molecule has 0 spiro atoms. The van der Waals surface area contributed by atoms with Crippen LogP contribution in [0.1, 0.15) is 38.2 Å². The molecule has 0 saturated heterocycles. The predicted octanol–water partition coefficient (Wildman–Crippen LogP) is 1.55. The van der Waals surface area contributed by atoms with E-state index in [0.29, 0.717) is 19.5 Å². The van der Waals surface area contributed by atoms with E-state index in [1.807, 2.05) is 24.3 Å². The number of benzene rings is 1. The van der Waals surface area contributed by atoms with Crippen molar-refractivity contribution >= 4 is 17.8 Å². The lowest BCUT2D eigenvalue weighted by Gasteiger charge is -2.07. The molecule has 1 rings (SSSR count). The summed E-state index contributed by atoms with van der Waals surface area (Å²) in [6.45, 7) is 2.17. The Morgan fingerprint density at radius 1 is 1.00 bits per heavy atom. The lowest BCUT2D eigenvalue weighted by Crippen LogP contribution is -2.28. The van der Waals surface area contributed by atoms with E-state index in [9.17, 15) is 14.4 Å². The fraction of sp³-hybridized carbons (Fsp3) is 0.500. The van der Waals surface area contributed by atoms with Crippen LogP contribution in [0.4, 0.5) is 0 Å². The van der Waals surface area contributed by atoms with Gasteiger partial charge in [0.1, 0.15) is 5.75 Å². The molecule has 1 aromatic carbocycles. The van der Waals surface area contributed by atoms with Crippen LogP contribution in [-0.2, 0) is 25.7 Å². The summed E-state index contributed by atoms with van der Waals surface area (Å²) < 4.78 is 9.99. The van der Waals surface area contributed by atoms with Crippen LogP contribution in [0.5, 0.6) is 5.75 Å². The van der Waals surface area contributed by atoms with Gasteiger partial charge in [0, 0.05) is 26.4 Å². The minimum absolute atomic E-state index is 0.0555. The Bertz CT molecular complexity index is 557. The van der Waals surface area contributed by atoms with E-state index in [0.717, 1.165) is 24.2 Å². The predicted molar refractivity (Wildman–Crippen MR) is 93.0 cm³/mol. The number of hydrogen-bond acceptors (Lipinski definition) is 5. The molecule has 0 bridgehead atoms. The summed E-state index contributed by atoms with van der Waals surface area (Å²) >= 11 is 0. The normalized spacial score (nSPS) is 10.0. The molecule has 0 fully saturated rings. The Kier molecular flexibility index (Phi) is 9.74. The third-order valence-corrected chi connectivity index (χ3v) is 3.44. The largest absolute Gasteiger partial charge is 0.497 e. The first-order chi connectivity index (χ1) is 12.0. The van der Waals surface area contributed by atoms with Gasteiger partial charge < -0.3 is 20.1 Å². The number of rotatable bonds is 11. The van der Waals surface area contributed by atoms with Crippen molar-refractivity contribution in [2.75, 3.05) is 20.3 Å². The monoisotopic (exact) mass is 350 g/mol. The zero-order chi connectivity index (χ0) is 18.5. The number of ether oxygens (including phenoxy) is 2. The summed E-state index contributed by atoms with van der Waals surface area (Å²) in [4.78, 5) is 33.9. The van der Waals surface area contributed by atoms with Crippen LogP contribution in [-0.4, -0.2) is 38.0 Å². The maximum absolute atomic E-state index is 11.7. The Morgan fingerprint density at radius 3 is 2.36 bits per heavy atom. The van der Waals surface area contributed by atoms with Crippen molar-refractivity contribution in [1.29, 1.82) is 0 Å². The van der Waals surface area contributed by atoms with E-state index in [1.54, 1.807) is 7.11 Å². The van der Waals surface area contributed by atoms with Crippen molar-refractivity contribution < 1.29 is 23.9 Å². The van der Waals surface area contributed by atoms with Crippen LogP contribution in [0.2, 0.25) is 0 Å². The highest BCUT2D eigenvalue weighted by Gasteiger charge is 2.07. The van der Waals surface area contributed by atoms with Crippen molar-refractivity contribution in [2.24, 2.45) is 0 Å². The van der Waals surface area contributed by atoms with Crippen molar-refractivity contribution in [3.63, 3.8) is 0 Å². The third kappa shape index (κ3) is 10.0. The number of methoxy groups -OCH3 is 1. The zero-order valence-corrected chi connectivity index (χ0v) is 14.8.